The molecule has 1 aromatic carbocycles. The third-order valence-corrected chi connectivity index (χ3v) is 6.25. The highest BCUT2D eigenvalue weighted by atomic mass is 32.2. The highest BCUT2D eigenvalue weighted by Crippen LogP contribution is 2.18. The molecule has 2 N–H and O–H groups in total. The number of aliphatic hydroxyl groups is 1. The van der Waals surface area contributed by atoms with Crippen molar-refractivity contribution in [1.82, 2.24) is 14.5 Å². The van der Waals surface area contributed by atoms with Crippen LogP contribution in [0.25, 0.3) is 0 Å². The maximum Gasteiger partial charge on any atom is 0.243 e. The minimum atomic E-state index is -3.50. The quantitative estimate of drug-likeness (QED) is 0.756. The van der Waals surface area contributed by atoms with E-state index in [-0.39, 0.29) is 29.9 Å². The number of carbonyl (C=O) groups excluding carboxylic acids is 1. The zero-order chi connectivity index (χ0) is 16.4. The molecule has 0 aromatic heterocycles. The lowest BCUT2D eigenvalue weighted by atomic mass is 10.1. The van der Waals surface area contributed by atoms with Gasteiger partial charge in [0.15, 0.2) is 0 Å². The van der Waals surface area contributed by atoms with Crippen LogP contribution in [0.15, 0.2) is 35.2 Å². The highest BCUT2D eigenvalue weighted by molar-refractivity contribution is 7.89. The Morgan fingerprint density at radius 2 is 1.78 bits per heavy atom. The molecule has 0 aliphatic carbocycles. The summed E-state index contributed by atoms with van der Waals surface area (Å²) >= 11 is 0. The van der Waals surface area contributed by atoms with Crippen molar-refractivity contribution in [3.63, 3.8) is 0 Å². The predicted octanol–water partition coefficient (Wildman–Crippen LogP) is -0.758. The minimum Gasteiger partial charge on any atom is -0.392 e. The molecule has 2 aliphatic rings. The van der Waals surface area contributed by atoms with E-state index in [9.17, 15) is 18.3 Å². The number of benzene rings is 1. The summed E-state index contributed by atoms with van der Waals surface area (Å²) in [5, 5.41) is 12.5. The van der Waals surface area contributed by atoms with Gasteiger partial charge in [0.1, 0.15) is 0 Å². The van der Waals surface area contributed by atoms with Gasteiger partial charge in [-0.25, -0.2) is 8.42 Å². The first-order chi connectivity index (χ1) is 11.0. The molecule has 2 fully saturated rings. The van der Waals surface area contributed by atoms with Gasteiger partial charge in [0, 0.05) is 32.7 Å². The summed E-state index contributed by atoms with van der Waals surface area (Å²) in [7, 11) is -3.50. The lowest BCUT2D eigenvalue weighted by molar-refractivity contribution is -0.134. The molecule has 23 heavy (non-hydrogen) atoms. The van der Waals surface area contributed by atoms with Gasteiger partial charge in [-0.15, -0.1) is 0 Å². The van der Waals surface area contributed by atoms with Crippen molar-refractivity contribution >= 4 is 15.9 Å². The third kappa shape index (κ3) is 3.40. The maximum atomic E-state index is 12.5. The van der Waals surface area contributed by atoms with Crippen LogP contribution in [0.1, 0.15) is 6.42 Å². The van der Waals surface area contributed by atoms with Crippen LogP contribution in [0, 0.1) is 0 Å². The molecule has 2 saturated heterocycles. The van der Waals surface area contributed by atoms with Gasteiger partial charge in [0.05, 0.1) is 17.0 Å². The topological polar surface area (TPSA) is 89.9 Å². The van der Waals surface area contributed by atoms with Crippen molar-refractivity contribution in [2.75, 3.05) is 32.7 Å². The average Bonchev–Trinajstić information content (AvgIpc) is 3.01. The monoisotopic (exact) mass is 339 g/mol. The number of sulfonamides is 1. The van der Waals surface area contributed by atoms with Crippen LogP contribution in [0.3, 0.4) is 0 Å². The summed E-state index contributed by atoms with van der Waals surface area (Å²) in [6.07, 6.45) is -0.0647. The van der Waals surface area contributed by atoms with Crippen molar-refractivity contribution in [2.24, 2.45) is 0 Å². The van der Waals surface area contributed by atoms with Gasteiger partial charge in [-0.2, -0.15) is 4.31 Å². The van der Waals surface area contributed by atoms with E-state index >= 15 is 0 Å². The second kappa shape index (κ2) is 6.56. The normalized spacial score (nSPS) is 26.4. The summed E-state index contributed by atoms with van der Waals surface area (Å²) in [5.41, 5.74) is 0. The molecule has 1 aromatic rings. The Morgan fingerprint density at radius 1 is 1.13 bits per heavy atom. The Bertz CT molecular complexity index is 657. The molecule has 3 rings (SSSR count). The molecule has 2 heterocycles. The van der Waals surface area contributed by atoms with E-state index < -0.39 is 16.1 Å². The van der Waals surface area contributed by atoms with Gasteiger partial charge in [-0.1, -0.05) is 18.2 Å². The van der Waals surface area contributed by atoms with Crippen LogP contribution in [0.4, 0.5) is 0 Å². The van der Waals surface area contributed by atoms with Crippen LogP contribution in [0.5, 0.6) is 0 Å². The molecule has 0 spiro atoms. The van der Waals surface area contributed by atoms with Crippen LogP contribution < -0.4 is 5.32 Å². The summed E-state index contributed by atoms with van der Waals surface area (Å²) in [6.45, 7) is 1.76. The number of piperazine rings is 1. The SMILES string of the molecule is O=C(C1CC(O)CN1)N1CCN(S(=O)(=O)c2ccccc2)CC1. The molecule has 0 radical (unpaired) electrons. The van der Waals surface area contributed by atoms with Crippen LogP contribution in [-0.4, -0.2) is 73.5 Å². The van der Waals surface area contributed by atoms with Gasteiger partial charge >= 0.3 is 0 Å². The smallest absolute Gasteiger partial charge is 0.243 e. The molecule has 0 bridgehead atoms. The van der Waals surface area contributed by atoms with E-state index in [0.29, 0.717) is 26.1 Å². The molecule has 2 unspecified atom stereocenters. The Kier molecular flexibility index (Phi) is 4.67. The first kappa shape index (κ1) is 16.4. The van der Waals surface area contributed by atoms with E-state index in [1.54, 1.807) is 35.2 Å². The molecule has 0 saturated carbocycles. The Morgan fingerprint density at radius 3 is 2.35 bits per heavy atom. The lowest BCUT2D eigenvalue weighted by Gasteiger charge is -2.35. The lowest BCUT2D eigenvalue weighted by Crippen LogP contribution is -2.54. The number of aliphatic hydroxyl groups excluding tert-OH is 1. The standard InChI is InChI=1S/C15H21N3O4S/c19-12-10-14(16-11-12)15(20)17-6-8-18(9-7-17)23(21,22)13-4-2-1-3-5-13/h1-5,12,14,16,19H,6-11H2. The fourth-order valence-electron chi connectivity index (χ4n) is 3.02. The number of nitrogens with one attached hydrogen (secondary N) is 1. The van der Waals surface area contributed by atoms with Crippen LogP contribution >= 0.6 is 0 Å². The number of hydrogen-bond acceptors (Lipinski definition) is 5. The van der Waals surface area contributed by atoms with Gasteiger partial charge < -0.3 is 15.3 Å². The highest BCUT2D eigenvalue weighted by Gasteiger charge is 2.35. The molecule has 7 nitrogen and oxygen atoms in total. The van der Waals surface area contributed by atoms with E-state index in [0.717, 1.165) is 0 Å². The van der Waals surface area contributed by atoms with Gasteiger partial charge in [0.2, 0.25) is 15.9 Å². The minimum absolute atomic E-state index is 0.0571. The molecular weight excluding hydrogens is 318 g/mol. The number of amides is 1. The first-order valence-electron chi connectivity index (χ1n) is 7.74. The summed E-state index contributed by atoms with van der Waals surface area (Å²) < 4.78 is 26.5. The zero-order valence-electron chi connectivity index (χ0n) is 12.8. The summed E-state index contributed by atoms with van der Waals surface area (Å²) in [6, 6.07) is 7.97. The number of hydrogen-bond donors (Lipinski definition) is 2. The number of rotatable bonds is 3. The van der Waals surface area contributed by atoms with Gasteiger partial charge in [-0.05, 0) is 18.6 Å². The average molecular weight is 339 g/mol. The van der Waals surface area contributed by atoms with Crippen LogP contribution in [-0.2, 0) is 14.8 Å². The fraction of sp³-hybridized carbons (Fsp3) is 0.533. The van der Waals surface area contributed by atoms with Crippen molar-refractivity contribution < 1.29 is 18.3 Å². The van der Waals surface area contributed by atoms with Crippen molar-refractivity contribution in [2.45, 2.75) is 23.5 Å². The van der Waals surface area contributed by atoms with Crippen molar-refractivity contribution in [3.05, 3.63) is 30.3 Å². The molecule has 2 aliphatic heterocycles. The zero-order valence-corrected chi connectivity index (χ0v) is 13.6. The third-order valence-electron chi connectivity index (χ3n) is 4.34. The molecule has 126 valence electrons. The second-order valence-corrected chi connectivity index (χ2v) is 7.83. The molecule has 2 atom stereocenters. The van der Waals surface area contributed by atoms with Crippen molar-refractivity contribution in [3.8, 4) is 0 Å². The molecule has 1 amide bonds. The first-order valence-corrected chi connectivity index (χ1v) is 9.18. The van der Waals surface area contributed by atoms with Crippen LogP contribution in [0.2, 0.25) is 0 Å². The number of nitrogens with zero attached hydrogens (tertiary/aromatic N) is 2. The van der Waals surface area contributed by atoms with Crippen molar-refractivity contribution in [1.29, 1.82) is 0 Å². The van der Waals surface area contributed by atoms with Gasteiger partial charge in [-0.3, -0.25) is 4.79 Å². The van der Waals surface area contributed by atoms with E-state index in [4.69, 9.17) is 0 Å². The summed E-state index contributed by atoms with van der Waals surface area (Å²) in [5.74, 6) is -0.0571. The largest absolute Gasteiger partial charge is 0.392 e. The van der Waals surface area contributed by atoms with E-state index in [1.807, 2.05) is 0 Å². The van der Waals surface area contributed by atoms with E-state index in [2.05, 4.69) is 5.32 Å². The number of β-amino-alcohol motifs (C(OH)–C–C–N with tert-alkyl or cyclic N) is 1. The predicted molar refractivity (Wildman–Crippen MR) is 84.2 cm³/mol. The summed E-state index contributed by atoms with van der Waals surface area (Å²) in [4.78, 5) is 14.3. The fourth-order valence-corrected chi connectivity index (χ4v) is 4.46. The van der Waals surface area contributed by atoms with Gasteiger partial charge in [0.25, 0.3) is 0 Å². The number of carbonyl (C=O) groups is 1. The second-order valence-electron chi connectivity index (χ2n) is 5.89. The Hall–Kier alpha value is -1.48. The molecule has 8 heteroatoms. The Labute approximate surface area is 135 Å². The maximum absolute atomic E-state index is 12.5. The molecular formula is C15H21N3O4S. The Balaban J connectivity index is 1.61. The van der Waals surface area contributed by atoms with E-state index in [1.165, 1.54) is 4.31 Å².